The molecule has 2 aromatic carbocycles. The molecule has 2 nitrogen and oxygen atoms in total. The summed E-state index contributed by atoms with van der Waals surface area (Å²) in [4.78, 5) is 4.11. The maximum absolute atomic E-state index is 13.3. The second kappa shape index (κ2) is 8.48. The largest absolute Gasteiger partial charge is 0.416 e. The molecule has 1 heterocycles. The molecule has 32 heavy (non-hydrogen) atoms. The lowest BCUT2D eigenvalue weighted by Gasteiger charge is -2.28. The van der Waals surface area contributed by atoms with Gasteiger partial charge >= 0.3 is 12.4 Å². The lowest BCUT2D eigenvalue weighted by atomic mass is 9.82. The summed E-state index contributed by atoms with van der Waals surface area (Å²) in [5.41, 5.74) is -0.294. The third-order valence-electron chi connectivity index (χ3n) is 5.35. The zero-order valence-corrected chi connectivity index (χ0v) is 17.7. The van der Waals surface area contributed by atoms with Crippen molar-refractivity contribution in [3.8, 4) is 11.1 Å². The lowest BCUT2D eigenvalue weighted by molar-refractivity contribution is -0.143. The number of nitrogens with zero attached hydrogens (tertiary/aromatic N) is 1. The van der Waals surface area contributed by atoms with E-state index >= 15 is 0 Å². The van der Waals surface area contributed by atoms with E-state index in [4.69, 9.17) is 0 Å². The summed E-state index contributed by atoms with van der Waals surface area (Å²) in [5, 5.41) is 3.17. The zero-order valence-electron chi connectivity index (χ0n) is 17.7. The highest BCUT2D eigenvalue weighted by molar-refractivity contribution is 5.79. The van der Waals surface area contributed by atoms with Gasteiger partial charge in [-0.15, -0.1) is 0 Å². The number of pyridine rings is 1. The van der Waals surface area contributed by atoms with Gasteiger partial charge in [0.25, 0.3) is 0 Å². The Bertz CT molecular complexity index is 1070. The maximum Gasteiger partial charge on any atom is 0.416 e. The molecular weight excluding hydrogens is 430 g/mol. The van der Waals surface area contributed by atoms with Crippen LogP contribution < -0.4 is 5.32 Å². The molecule has 0 aliphatic rings. The number of aromatic nitrogens is 1. The molecule has 0 radical (unpaired) electrons. The number of halogens is 6. The van der Waals surface area contributed by atoms with Crippen molar-refractivity contribution in [2.75, 3.05) is 11.9 Å². The zero-order chi connectivity index (χ0) is 23.7. The van der Waals surface area contributed by atoms with Gasteiger partial charge < -0.3 is 5.32 Å². The van der Waals surface area contributed by atoms with E-state index in [1.54, 1.807) is 26.2 Å². The van der Waals surface area contributed by atoms with Crippen molar-refractivity contribution >= 4 is 5.69 Å². The van der Waals surface area contributed by atoms with Crippen molar-refractivity contribution in [1.82, 2.24) is 4.98 Å². The number of aryl methyl sites for hydroxylation is 1. The fourth-order valence-corrected chi connectivity index (χ4v) is 3.41. The summed E-state index contributed by atoms with van der Waals surface area (Å²) in [6.07, 6.45) is -6.56. The average Bonchev–Trinajstić information content (AvgIpc) is 2.71. The van der Waals surface area contributed by atoms with Crippen LogP contribution in [0.3, 0.4) is 0 Å². The topological polar surface area (TPSA) is 24.9 Å². The monoisotopic (exact) mass is 452 g/mol. The molecule has 0 aliphatic carbocycles. The molecular formula is C24H22F6N2. The van der Waals surface area contributed by atoms with Gasteiger partial charge in [0.05, 0.1) is 23.0 Å². The number of anilines is 1. The van der Waals surface area contributed by atoms with Gasteiger partial charge in [-0.05, 0) is 47.9 Å². The molecule has 0 spiro atoms. The van der Waals surface area contributed by atoms with Crippen LogP contribution in [0.15, 0.2) is 60.9 Å². The average molecular weight is 452 g/mol. The summed E-state index contributed by atoms with van der Waals surface area (Å²) in [6, 6.07) is 11.2. The maximum atomic E-state index is 13.3. The van der Waals surface area contributed by atoms with Crippen LogP contribution in [0.2, 0.25) is 0 Å². The van der Waals surface area contributed by atoms with Crippen LogP contribution in [-0.4, -0.2) is 11.5 Å². The predicted molar refractivity (Wildman–Crippen MR) is 112 cm³/mol. The number of hydrogen-bond acceptors (Lipinski definition) is 2. The Kier molecular flexibility index (Phi) is 6.26. The third-order valence-corrected chi connectivity index (χ3v) is 5.35. The number of benzene rings is 2. The minimum atomic E-state index is -4.89. The summed E-state index contributed by atoms with van der Waals surface area (Å²) in [6.45, 7) is 5.24. The van der Waals surface area contributed by atoms with Gasteiger partial charge in [-0.1, -0.05) is 38.1 Å². The molecule has 3 rings (SSSR count). The Morgan fingerprint density at radius 2 is 1.34 bits per heavy atom. The summed E-state index contributed by atoms with van der Waals surface area (Å²) < 4.78 is 79.6. The predicted octanol–water partition coefficient (Wildman–Crippen LogP) is 7.48. The van der Waals surface area contributed by atoms with Crippen LogP contribution in [0.5, 0.6) is 0 Å². The van der Waals surface area contributed by atoms with Crippen LogP contribution in [0.4, 0.5) is 32.0 Å². The molecule has 1 N–H and O–H groups in total. The van der Waals surface area contributed by atoms with Gasteiger partial charge in [-0.25, -0.2) is 0 Å². The van der Waals surface area contributed by atoms with Crippen molar-refractivity contribution in [2.45, 2.75) is 38.5 Å². The van der Waals surface area contributed by atoms with E-state index in [1.807, 2.05) is 37.3 Å². The van der Waals surface area contributed by atoms with E-state index in [9.17, 15) is 26.3 Å². The van der Waals surface area contributed by atoms with Crippen LogP contribution >= 0.6 is 0 Å². The Hall–Kier alpha value is -3.03. The van der Waals surface area contributed by atoms with E-state index in [2.05, 4.69) is 10.3 Å². The standard InChI is InChI=1S/C24H22F6N2/c1-15-6-4-5-7-19(15)20-8-9-31-13-21(20)32-14-22(2,3)16-10-17(23(25,26)27)12-18(11-16)24(28,29)30/h4-13,32H,14H2,1-3H3. The van der Waals surface area contributed by atoms with Gasteiger partial charge in [-0.2, -0.15) is 26.3 Å². The van der Waals surface area contributed by atoms with Gasteiger partial charge in [0.1, 0.15) is 0 Å². The number of alkyl halides is 6. The van der Waals surface area contributed by atoms with E-state index < -0.39 is 28.9 Å². The molecule has 0 fully saturated rings. The molecule has 1 aromatic heterocycles. The molecule has 0 amide bonds. The van der Waals surface area contributed by atoms with Crippen molar-refractivity contribution in [1.29, 1.82) is 0 Å². The van der Waals surface area contributed by atoms with Crippen molar-refractivity contribution in [3.63, 3.8) is 0 Å². The van der Waals surface area contributed by atoms with E-state index in [1.165, 1.54) is 0 Å². The van der Waals surface area contributed by atoms with Crippen molar-refractivity contribution in [3.05, 3.63) is 83.2 Å². The minimum Gasteiger partial charge on any atom is -0.382 e. The van der Waals surface area contributed by atoms with Gasteiger partial charge in [0.15, 0.2) is 0 Å². The molecule has 8 heteroatoms. The van der Waals surface area contributed by atoms with E-state index in [-0.39, 0.29) is 18.2 Å². The van der Waals surface area contributed by atoms with E-state index in [0.717, 1.165) is 28.8 Å². The summed E-state index contributed by atoms with van der Waals surface area (Å²) in [7, 11) is 0. The Morgan fingerprint density at radius 3 is 1.91 bits per heavy atom. The summed E-state index contributed by atoms with van der Waals surface area (Å²) >= 11 is 0. The first-order valence-electron chi connectivity index (χ1n) is 9.83. The SMILES string of the molecule is Cc1ccccc1-c1ccncc1NCC(C)(C)c1cc(C(F)(F)F)cc(C(F)(F)F)c1. The van der Waals surface area contributed by atoms with Crippen LogP contribution in [-0.2, 0) is 17.8 Å². The molecule has 3 aromatic rings. The first-order valence-corrected chi connectivity index (χ1v) is 9.83. The number of hydrogen-bond donors (Lipinski definition) is 1. The smallest absolute Gasteiger partial charge is 0.382 e. The fraction of sp³-hybridized carbons (Fsp3) is 0.292. The van der Waals surface area contributed by atoms with Gasteiger partial charge in [0, 0.05) is 23.7 Å². The fourth-order valence-electron chi connectivity index (χ4n) is 3.41. The Labute approximate surface area is 182 Å². The highest BCUT2D eigenvalue weighted by Gasteiger charge is 2.38. The quantitative estimate of drug-likeness (QED) is 0.406. The molecule has 170 valence electrons. The second-order valence-electron chi connectivity index (χ2n) is 8.27. The van der Waals surface area contributed by atoms with Gasteiger partial charge in [-0.3, -0.25) is 4.98 Å². The Balaban J connectivity index is 1.96. The molecule has 0 saturated heterocycles. The molecule has 0 bridgehead atoms. The van der Waals surface area contributed by atoms with Gasteiger partial charge in [0.2, 0.25) is 0 Å². The second-order valence-corrected chi connectivity index (χ2v) is 8.27. The van der Waals surface area contributed by atoms with Crippen LogP contribution in [0.1, 0.15) is 36.1 Å². The summed E-state index contributed by atoms with van der Waals surface area (Å²) in [5.74, 6) is 0. The molecule has 0 atom stereocenters. The normalized spacial score (nSPS) is 12.7. The first kappa shape index (κ1) is 23.6. The number of nitrogens with one attached hydrogen (secondary N) is 1. The highest BCUT2D eigenvalue weighted by atomic mass is 19.4. The first-order chi connectivity index (χ1) is 14.8. The number of rotatable bonds is 5. The van der Waals surface area contributed by atoms with E-state index in [0.29, 0.717) is 5.69 Å². The highest BCUT2D eigenvalue weighted by Crippen LogP contribution is 2.39. The third kappa shape index (κ3) is 5.23. The van der Waals surface area contributed by atoms with Crippen LogP contribution in [0, 0.1) is 6.92 Å². The van der Waals surface area contributed by atoms with Crippen LogP contribution in [0.25, 0.3) is 11.1 Å². The van der Waals surface area contributed by atoms with Crippen molar-refractivity contribution in [2.24, 2.45) is 0 Å². The molecule has 0 saturated carbocycles. The minimum absolute atomic E-state index is 0.0616. The molecule has 0 aliphatic heterocycles. The lowest BCUT2D eigenvalue weighted by Crippen LogP contribution is -2.29. The van der Waals surface area contributed by atoms with Crippen molar-refractivity contribution < 1.29 is 26.3 Å². The molecule has 0 unspecified atom stereocenters. The Morgan fingerprint density at radius 1 is 0.781 bits per heavy atom.